The van der Waals surface area contributed by atoms with Gasteiger partial charge in [-0.05, 0) is 140 Å². The van der Waals surface area contributed by atoms with Crippen LogP contribution in [-0.4, -0.2) is 76.5 Å². The van der Waals surface area contributed by atoms with Gasteiger partial charge in [-0.3, -0.25) is 14.6 Å². The van der Waals surface area contributed by atoms with E-state index in [1.807, 2.05) is 18.5 Å². The third-order valence-corrected chi connectivity index (χ3v) is 13.3. The van der Waals surface area contributed by atoms with Gasteiger partial charge in [0.25, 0.3) is 0 Å². The van der Waals surface area contributed by atoms with Gasteiger partial charge >= 0.3 is 0 Å². The van der Waals surface area contributed by atoms with Crippen LogP contribution in [0.25, 0.3) is 0 Å². The fourth-order valence-electron chi connectivity index (χ4n) is 10.2. The molecule has 10 heteroatoms. The van der Waals surface area contributed by atoms with Crippen LogP contribution in [0.5, 0.6) is 11.5 Å². The van der Waals surface area contributed by atoms with Crippen molar-refractivity contribution in [3.05, 3.63) is 58.3 Å². The highest BCUT2D eigenvalue weighted by Gasteiger charge is 2.44. The number of benzene rings is 1. The number of nitrogens with one attached hydrogen (secondary N) is 1. The van der Waals surface area contributed by atoms with Crippen LogP contribution in [0.15, 0.2) is 41.0 Å². The lowest BCUT2D eigenvalue weighted by molar-refractivity contribution is -0.124. The molecule has 0 spiro atoms. The molecule has 9 atom stereocenters. The van der Waals surface area contributed by atoms with Gasteiger partial charge in [-0.1, -0.05) is 24.3 Å². The Morgan fingerprint density at radius 3 is 2.69 bits per heavy atom. The van der Waals surface area contributed by atoms with Gasteiger partial charge in [-0.15, -0.1) is 0 Å². The van der Waals surface area contributed by atoms with Gasteiger partial charge in [0.15, 0.2) is 17.3 Å². The molecule has 10 nitrogen and oxygen atoms in total. The second kappa shape index (κ2) is 17.8. The van der Waals surface area contributed by atoms with E-state index in [9.17, 15) is 24.9 Å². The number of nitrogens with zero attached hydrogens (tertiary/aromatic N) is 2. The summed E-state index contributed by atoms with van der Waals surface area (Å²) < 4.78 is 5.43. The van der Waals surface area contributed by atoms with E-state index in [1.165, 1.54) is 13.5 Å². The Morgan fingerprint density at radius 1 is 1.00 bits per heavy atom. The average Bonchev–Trinajstić information content (AvgIpc) is 3.71. The number of ketones is 2. The molecule has 0 amide bonds. The lowest BCUT2D eigenvalue weighted by atomic mass is 9.61. The topological polar surface area (TPSA) is 167 Å². The van der Waals surface area contributed by atoms with E-state index in [2.05, 4.69) is 33.2 Å². The first-order chi connectivity index (χ1) is 26.6. The first-order valence-electron chi connectivity index (χ1n) is 20.6. The maximum atomic E-state index is 13.7. The smallest absolute Gasteiger partial charge is 0.160 e. The number of aryl methyl sites for hydroxylation is 2. The molecule has 9 unspecified atom stereocenters. The van der Waals surface area contributed by atoms with Crippen molar-refractivity contribution in [2.75, 3.05) is 25.9 Å². The molecule has 5 aliphatic rings. The van der Waals surface area contributed by atoms with E-state index in [-0.39, 0.29) is 23.9 Å². The van der Waals surface area contributed by atoms with Crippen molar-refractivity contribution in [2.45, 2.75) is 120 Å². The maximum Gasteiger partial charge on any atom is 0.160 e. The summed E-state index contributed by atoms with van der Waals surface area (Å²) in [5.74, 6) is 8.97. The Kier molecular flexibility index (Phi) is 12.7. The van der Waals surface area contributed by atoms with E-state index in [4.69, 9.17) is 10.5 Å². The van der Waals surface area contributed by atoms with Gasteiger partial charge in [-0.2, -0.15) is 0 Å². The SMILES string of the molecule is COc1cc2c(cc1O)C(CCC(O)CCc1cc(N)ncc1CC1=CCN=C1)C#CC(C(O)CCC1CCC3C(CNC4CC(=O)CCC43)C1)C(=O)CC2. The van der Waals surface area contributed by atoms with E-state index in [0.717, 1.165) is 72.9 Å². The third-order valence-electron chi connectivity index (χ3n) is 13.3. The number of aliphatic hydroxyl groups excluding tert-OH is 2. The predicted molar refractivity (Wildman–Crippen MR) is 213 cm³/mol. The third kappa shape index (κ3) is 9.50. The highest BCUT2D eigenvalue weighted by atomic mass is 16.5. The van der Waals surface area contributed by atoms with Crippen molar-refractivity contribution in [2.24, 2.45) is 34.6 Å². The molecule has 294 valence electrons. The Labute approximate surface area is 325 Å². The van der Waals surface area contributed by atoms with Crippen molar-refractivity contribution >= 4 is 23.6 Å². The number of aliphatic imine (C=N–C) groups is 1. The molecule has 7 rings (SSSR count). The monoisotopic (exact) mass is 750 g/mol. The molecule has 1 saturated heterocycles. The number of nitrogen functional groups attached to an aromatic ring is 1. The summed E-state index contributed by atoms with van der Waals surface area (Å²) in [4.78, 5) is 34.4. The van der Waals surface area contributed by atoms with Gasteiger partial charge < -0.3 is 31.1 Å². The number of pyridine rings is 1. The van der Waals surface area contributed by atoms with Crippen LogP contribution in [-0.2, 0) is 28.9 Å². The average molecular weight is 751 g/mol. The molecule has 2 saturated carbocycles. The summed E-state index contributed by atoms with van der Waals surface area (Å²) in [7, 11) is 1.51. The van der Waals surface area contributed by atoms with Gasteiger partial charge in [0.05, 0.1) is 25.9 Å². The number of anilines is 1. The van der Waals surface area contributed by atoms with Gasteiger partial charge in [0, 0.05) is 50.1 Å². The molecule has 3 aliphatic carbocycles. The van der Waals surface area contributed by atoms with Gasteiger partial charge in [0.2, 0.25) is 0 Å². The number of phenolic OH excluding ortho intramolecular Hbond substituents is 1. The van der Waals surface area contributed by atoms with Gasteiger partial charge in [0.1, 0.15) is 17.5 Å². The molecular formula is C45H58N4O6. The molecule has 3 fully saturated rings. The molecular weight excluding hydrogens is 693 g/mol. The minimum absolute atomic E-state index is 0.0105. The highest BCUT2D eigenvalue weighted by molar-refractivity contribution is 5.85. The van der Waals surface area contributed by atoms with Crippen LogP contribution in [0, 0.1) is 41.4 Å². The van der Waals surface area contributed by atoms with E-state index in [1.54, 1.807) is 12.1 Å². The molecule has 0 bridgehead atoms. The van der Waals surface area contributed by atoms with Crippen LogP contribution in [0.1, 0.15) is 105 Å². The summed E-state index contributed by atoms with van der Waals surface area (Å²) in [6.07, 6.45) is 15.1. The lowest BCUT2D eigenvalue weighted by Gasteiger charge is -2.49. The number of carbonyl (C=O) groups excluding carboxylic acids is 2. The van der Waals surface area contributed by atoms with E-state index in [0.29, 0.717) is 98.6 Å². The Hall–Kier alpha value is -4.04. The number of carbonyl (C=O) groups is 2. The summed E-state index contributed by atoms with van der Waals surface area (Å²) >= 11 is 0. The first-order valence-corrected chi connectivity index (χ1v) is 20.6. The van der Waals surface area contributed by atoms with Crippen molar-refractivity contribution in [1.82, 2.24) is 10.3 Å². The highest BCUT2D eigenvalue weighted by Crippen LogP contribution is 2.46. The number of aromatic hydroxyl groups is 1. The van der Waals surface area contributed by atoms with Crippen LogP contribution in [0.4, 0.5) is 5.82 Å². The van der Waals surface area contributed by atoms with Crippen LogP contribution < -0.4 is 15.8 Å². The van der Waals surface area contributed by atoms with Gasteiger partial charge in [-0.25, -0.2) is 4.98 Å². The fourth-order valence-corrected chi connectivity index (χ4v) is 10.2. The van der Waals surface area contributed by atoms with Crippen LogP contribution in [0.2, 0.25) is 0 Å². The first kappa shape index (κ1) is 39.2. The second-order valence-corrected chi connectivity index (χ2v) is 16.8. The number of nitrogens with two attached hydrogens (primary N) is 1. The maximum absolute atomic E-state index is 13.7. The number of phenols is 1. The number of allylic oxidation sites excluding steroid dienone is 1. The van der Waals surface area contributed by atoms with Crippen molar-refractivity contribution in [1.29, 1.82) is 0 Å². The Morgan fingerprint density at radius 2 is 1.87 bits per heavy atom. The quantitative estimate of drug-likeness (QED) is 0.168. The van der Waals surface area contributed by atoms with E-state index < -0.39 is 18.1 Å². The number of aromatic nitrogens is 1. The number of Topliss-reactive ketones (excluding diaryl/α,β-unsaturated/α-hetero) is 2. The number of aliphatic hydroxyl groups is 2. The molecule has 1 aromatic heterocycles. The zero-order chi connectivity index (χ0) is 38.5. The van der Waals surface area contributed by atoms with Crippen LogP contribution >= 0.6 is 0 Å². The minimum Gasteiger partial charge on any atom is -0.504 e. The number of methoxy groups -OCH3 is 1. The molecule has 2 aliphatic heterocycles. The zero-order valence-corrected chi connectivity index (χ0v) is 32.2. The molecule has 1 aromatic carbocycles. The molecule has 3 heterocycles. The predicted octanol–water partition coefficient (Wildman–Crippen LogP) is 5.44. The lowest BCUT2D eigenvalue weighted by Crippen LogP contribution is -2.54. The summed E-state index contributed by atoms with van der Waals surface area (Å²) in [6, 6.07) is 5.72. The largest absolute Gasteiger partial charge is 0.504 e. The van der Waals surface area contributed by atoms with Crippen LogP contribution in [0.3, 0.4) is 0 Å². The number of rotatable bonds is 13. The number of ether oxygens (including phenoxy) is 1. The standard InChI is InChI=1S/C45H58N4O6/c1-55-44-20-31-7-15-42(53)38(41(52)14-3-27-2-11-36-33(18-27)26-48-40-22-35(51)10-13-37(36)40)12-6-29(39(31)23-43(44)54)4-8-34(50)9-5-30-21-45(46)49-25-32(30)19-28-16-17-47-24-28/h16,20-21,23-25,27,29,33-34,36-38,40-41,48,50,52,54H,2-5,7-11,13-15,17-19,22,26H2,1H3,(H2,46,49). The molecule has 2 aromatic rings. The Bertz CT molecular complexity index is 1850. The number of hydrogen-bond donors (Lipinski definition) is 5. The Balaban J connectivity index is 1.000. The second-order valence-electron chi connectivity index (χ2n) is 16.8. The summed E-state index contributed by atoms with van der Waals surface area (Å²) in [6.45, 7) is 1.67. The summed E-state index contributed by atoms with van der Waals surface area (Å²) in [5, 5.41) is 37.3. The van der Waals surface area contributed by atoms with Crippen molar-refractivity contribution < 1.29 is 29.6 Å². The summed E-state index contributed by atoms with van der Waals surface area (Å²) in [5.41, 5.74) is 11.1. The fraction of sp³-hybridized carbons (Fsp3) is 0.600. The number of fused-ring (bicyclic) bond motifs is 4. The van der Waals surface area contributed by atoms with E-state index >= 15 is 0 Å². The van der Waals surface area contributed by atoms with Crippen molar-refractivity contribution in [3.8, 4) is 23.3 Å². The molecule has 6 N–H and O–H groups in total. The minimum atomic E-state index is -0.861. The normalized spacial score (nSPS) is 28.6. The van der Waals surface area contributed by atoms with Crippen molar-refractivity contribution in [3.63, 3.8) is 0 Å². The number of hydrogen-bond acceptors (Lipinski definition) is 10. The zero-order valence-electron chi connectivity index (χ0n) is 32.2. The molecule has 0 radical (unpaired) electrons. The molecule has 55 heavy (non-hydrogen) atoms. The number of piperidine rings is 1.